The summed E-state index contributed by atoms with van der Waals surface area (Å²) < 4.78 is 1.87. The van der Waals surface area contributed by atoms with Gasteiger partial charge in [0.1, 0.15) is 0 Å². The van der Waals surface area contributed by atoms with Gasteiger partial charge in [-0.25, -0.2) is 4.98 Å². The van der Waals surface area contributed by atoms with Crippen molar-refractivity contribution in [2.75, 3.05) is 6.26 Å². The molecule has 1 heterocycles. The highest BCUT2D eigenvalue weighted by Gasteiger charge is 2.07. The lowest BCUT2D eigenvalue weighted by molar-refractivity contribution is 0.921. The van der Waals surface area contributed by atoms with Crippen LogP contribution in [0.5, 0.6) is 0 Å². The minimum Gasteiger partial charge on any atom is -0.298 e. The summed E-state index contributed by atoms with van der Waals surface area (Å²) in [5.74, 6) is 0. The second kappa shape index (κ2) is 3.32. The van der Waals surface area contributed by atoms with Crippen LogP contribution in [0.2, 0.25) is 5.15 Å². The van der Waals surface area contributed by atoms with E-state index in [2.05, 4.69) is 11.6 Å². The minimum absolute atomic E-state index is 0.550. The molecule has 0 N–H and O–H groups in total. The fourth-order valence-corrected chi connectivity index (χ4v) is 1.63. The fourth-order valence-electron chi connectivity index (χ4n) is 0.821. The summed E-state index contributed by atoms with van der Waals surface area (Å²) in [6.07, 6.45) is 3.66. The van der Waals surface area contributed by atoms with E-state index in [1.165, 1.54) is 0 Å². The quantitative estimate of drug-likeness (QED) is 0.665. The Kier molecular flexibility index (Phi) is 2.62. The number of hydrogen-bond donors (Lipinski definition) is 0. The van der Waals surface area contributed by atoms with Crippen molar-refractivity contribution in [3.05, 3.63) is 17.4 Å². The average Bonchev–Trinajstić information content (AvgIpc) is 2.28. The molecule has 0 spiro atoms. The lowest BCUT2D eigenvalue weighted by atomic mass is 10.5. The van der Waals surface area contributed by atoms with Crippen LogP contribution in [0.25, 0.3) is 6.20 Å². The van der Waals surface area contributed by atoms with Crippen LogP contribution in [0.3, 0.4) is 0 Å². The topological polar surface area (TPSA) is 17.8 Å². The van der Waals surface area contributed by atoms with Crippen LogP contribution in [-0.4, -0.2) is 15.8 Å². The molecule has 1 rings (SSSR count). The van der Waals surface area contributed by atoms with Gasteiger partial charge in [-0.05, 0) is 13.2 Å². The van der Waals surface area contributed by atoms with Gasteiger partial charge in [0.25, 0.3) is 0 Å². The van der Waals surface area contributed by atoms with Crippen molar-refractivity contribution in [1.29, 1.82) is 0 Å². The Morgan fingerprint density at radius 2 is 2.36 bits per heavy atom. The van der Waals surface area contributed by atoms with Crippen molar-refractivity contribution in [3.63, 3.8) is 0 Å². The van der Waals surface area contributed by atoms with Gasteiger partial charge in [-0.3, -0.25) is 4.57 Å². The van der Waals surface area contributed by atoms with Crippen LogP contribution in [0, 0.1) is 6.92 Å². The predicted molar refractivity (Wildman–Crippen MR) is 50.1 cm³/mol. The molecule has 1 aromatic rings. The van der Waals surface area contributed by atoms with E-state index in [0.29, 0.717) is 5.15 Å². The maximum Gasteiger partial charge on any atom is 0.173 e. The van der Waals surface area contributed by atoms with E-state index in [1.807, 2.05) is 17.7 Å². The van der Waals surface area contributed by atoms with E-state index < -0.39 is 0 Å². The highest BCUT2D eigenvalue weighted by atomic mass is 35.5. The van der Waals surface area contributed by atoms with Gasteiger partial charge < -0.3 is 0 Å². The highest BCUT2D eigenvalue weighted by molar-refractivity contribution is 7.98. The molecule has 0 saturated heterocycles. The van der Waals surface area contributed by atoms with Gasteiger partial charge in [0.15, 0.2) is 10.3 Å². The number of aromatic nitrogens is 2. The lowest BCUT2D eigenvalue weighted by Crippen LogP contribution is -1.89. The lowest BCUT2D eigenvalue weighted by Gasteiger charge is -1.98. The van der Waals surface area contributed by atoms with E-state index in [9.17, 15) is 0 Å². The Balaban J connectivity index is 3.26. The summed E-state index contributed by atoms with van der Waals surface area (Å²) in [5.41, 5.74) is 0.936. The van der Waals surface area contributed by atoms with Crippen LogP contribution in [-0.2, 0) is 0 Å². The Morgan fingerprint density at radius 1 is 1.73 bits per heavy atom. The minimum atomic E-state index is 0.550. The maximum atomic E-state index is 5.80. The zero-order valence-corrected chi connectivity index (χ0v) is 8.04. The molecule has 1 aromatic heterocycles. The molecule has 11 heavy (non-hydrogen) atoms. The molecule has 0 atom stereocenters. The van der Waals surface area contributed by atoms with Gasteiger partial charge >= 0.3 is 0 Å². The van der Waals surface area contributed by atoms with Gasteiger partial charge in [-0.15, -0.1) is 0 Å². The standard InChI is InChI=1S/C7H9ClN2S/c1-4-10-5(2)6(8)9-7(10)11-3/h4H,1H2,2-3H3. The zero-order chi connectivity index (χ0) is 8.43. The third kappa shape index (κ3) is 1.44. The van der Waals surface area contributed by atoms with E-state index in [0.717, 1.165) is 10.9 Å². The molecule has 0 saturated carbocycles. The van der Waals surface area contributed by atoms with Crippen molar-refractivity contribution >= 4 is 29.6 Å². The van der Waals surface area contributed by atoms with Crippen LogP contribution in [0.1, 0.15) is 5.69 Å². The summed E-state index contributed by atoms with van der Waals surface area (Å²) in [6.45, 7) is 5.58. The fraction of sp³-hybridized carbons (Fsp3) is 0.286. The highest BCUT2D eigenvalue weighted by Crippen LogP contribution is 2.22. The number of thioether (sulfide) groups is 1. The molecule has 0 bridgehead atoms. The van der Waals surface area contributed by atoms with Gasteiger partial charge in [0, 0.05) is 6.20 Å². The van der Waals surface area contributed by atoms with E-state index >= 15 is 0 Å². The van der Waals surface area contributed by atoms with Gasteiger partial charge in [0.2, 0.25) is 0 Å². The number of nitrogens with zero attached hydrogens (tertiary/aromatic N) is 2. The molecule has 0 fully saturated rings. The van der Waals surface area contributed by atoms with E-state index in [4.69, 9.17) is 11.6 Å². The molecule has 0 aromatic carbocycles. The molecule has 0 aliphatic carbocycles. The Morgan fingerprint density at radius 3 is 2.73 bits per heavy atom. The monoisotopic (exact) mass is 188 g/mol. The summed E-state index contributed by atoms with van der Waals surface area (Å²) in [5, 5.41) is 1.43. The largest absolute Gasteiger partial charge is 0.298 e. The van der Waals surface area contributed by atoms with Crippen molar-refractivity contribution in [1.82, 2.24) is 9.55 Å². The molecule has 4 heteroatoms. The Labute approximate surface area is 75.3 Å². The smallest absolute Gasteiger partial charge is 0.173 e. The number of imidazole rings is 1. The first-order valence-corrected chi connectivity index (χ1v) is 4.71. The van der Waals surface area contributed by atoms with Gasteiger partial charge in [-0.1, -0.05) is 29.9 Å². The number of hydrogen-bond acceptors (Lipinski definition) is 2. The first kappa shape index (κ1) is 8.68. The second-order valence-electron chi connectivity index (χ2n) is 2.03. The Bertz CT molecular complexity index is 280. The molecular weight excluding hydrogens is 180 g/mol. The normalized spacial score (nSPS) is 10.1. The van der Waals surface area contributed by atoms with Gasteiger partial charge in [-0.2, -0.15) is 0 Å². The third-order valence-electron chi connectivity index (χ3n) is 1.42. The number of rotatable bonds is 2. The first-order valence-electron chi connectivity index (χ1n) is 3.11. The number of halogens is 1. The molecule has 2 nitrogen and oxygen atoms in total. The summed E-state index contributed by atoms with van der Waals surface area (Å²) in [6, 6.07) is 0. The van der Waals surface area contributed by atoms with Crippen molar-refractivity contribution in [3.8, 4) is 0 Å². The zero-order valence-electron chi connectivity index (χ0n) is 6.47. The average molecular weight is 189 g/mol. The molecule has 0 unspecified atom stereocenters. The molecule has 0 aliphatic heterocycles. The van der Waals surface area contributed by atoms with Crippen molar-refractivity contribution in [2.24, 2.45) is 0 Å². The maximum absolute atomic E-state index is 5.80. The SMILES string of the molecule is C=Cn1c(SC)nc(Cl)c1C. The molecule has 0 radical (unpaired) electrons. The molecule has 60 valence electrons. The van der Waals surface area contributed by atoms with E-state index in [1.54, 1.807) is 18.0 Å². The summed E-state index contributed by atoms with van der Waals surface area (Å²) in [4.78, 5) is 4.12. The predicted octanol–water partition coefficient (Wildman–Crippen LogP) is 2.67. The van der Waals surface area contributed by atoms with Crippen LogP contribution in [0.15, 0.2) is 11.7 Å². The molecular formula is C7H9ClN2S. The molecule has 0 aliphatic rings. The van der Waals surface area contributed by atoms with Crippen molar-refractivity contribution in [2.45, 2.75) is 12.1 Å². The van der Waals surface area contributed by atoms with Gasteiger partial charge in [0.05, 0.1) is 5.69 Å². The van der Waals surface area contributed by atoms with Crippen LogP contribution >= 0.6 is 23.4 Å². The van der Waals surface area contributed by atoms with E-state index in [-0.39, 0.29) is 0 Å². The summed E-state index contributed by atoms with van der Waals surface area (Å²) in [7, 11) is 0. The Hall–Kier alpha value is -0.410. The van der Waals surface area contributed by atoms with Crippen molar-refractivity contribution < 1.29 is 0 Å². The van der Waals surface area contributed by atoms with Crippen LogP contribution in [0.4, 0.5) is 0 Å². The molecule has 0 amide bonds. The van der Waals surface area contributed by atoms with Crippen LogP contribution < -0.4 is 0 Å². The second-order valence-corrected chi connectivity index (χ2v) is 3.16. The first-order chi connectivity index (χ1) is 5.20. The third-order valence-corrected chi connectivity index (χ3v) is 2.44. The summed E-state index contributed by atoms with van der Waals surface area (Å²) >= 11 is 7.35.